The molecule has 63 heavy (non-hydrogen) atoms. The molecule has 1 amide bonds. The molecule has 7 atom stereocenters. The minimum absolute atomic E-state index is 0.192. The van der Waals surface area contributed by atoms with Crippen molar-refractivity contribution in [2.75, 3.05) is 13.2 Å². The predicted molar refractivity (Wildman–Crippen MR) is 263 cm³/mol. The lowest BCUT2D eigenvalue weighted by Crippen LogP contribution is -2.60. The summed E-state index contributed by atoms with van der Waals surface area (Å²) in [5.74, 6) is -0.192. The number of aliphatic hydroxyl groups excluding tert-OH is 5. The van der Waals surface area contributed by atoms with Crippen molar-refractivity contribution < 1.29 is 39.8 Å². The van der Waals surface area contributed by atoms with Crippen molar-refractivity contribution in [2.45, 2.75) is 275 Å². The molecule has 0 aromatic rings. The fraction of sp³-hybridized carbons (Fsp3) is 0.833. The number of carbonyl (C=O) groups excluding carboxylic acids is 1. The number of ether oxygens (including phenoxy) is 2. The summed E-state index contributed by atoms with van der Waals surface area (Å²) < 4.78 is 11.2. The molecule has 1 saturated heterocycles. The molecule has 0 aromatic carbocycles. The Kier molecular flexibility index (Phi) is 41.3. The summed E-state index contributed by atoms with van der Waals surface area (Å²) in [6.45, 7) is 3.71. The van der Waals surface area contributed by atoms with Crippen LogP contribution in [0.1, 0.15) is 232 Å². The lowest BCUT2D eigenvalue weighted by molar-refractivity contribution is -0.302. The molecule has 1 fully saturated rings. The summed E-state index contributed by atoms with van der Waals surface area (Å²) in [5, 5.41) is 54.2. The largest absolute Gasteiger partial charge is 0.394 e. The fourth-order valence-corrected chi connectivity index (χ4v) is 8.11. The number of aliphatic hydroxyl groups is 5. The molecule has 0 saturated carbocycles. The van der Waals surface area contributed by atoms with Crippen LogP contribution in [0.2, 0.25) is 0 Å². The van der Waals surface area contributed by atoms with Gasteiger partial charge < -0.3 is 40.3 Å². The first-order chi connectivity index (χ1) is 30.8. The molecule has 1 aliphatic heterocycles. The number of allylic oxidation sites excluding steroid dienone is 7. The molecule has 0 bridgehead atoms. The summed E-state index contributed by atoms with van der Waals surface area (Å²) in [7, 11) is 0. The third kappa shape index (κ3) is 34.2. The number of hydrogen-bond donors (Lipinski definition) is 6. The van der Waals surface area contributed by atoms with E-state index in [2.05, 4.69) is 55.6 Å². The third-order valence-corrected chi connectivity index (χ3v) is 12.4. The molecule has 0 spiro atoms. The second-order valence-corrected chi connectivity index (χ2v) is 18.3. The second-order valence-electron chi connectivity index (χ2n) is 18.3. The van der Waals surface area contributed by atoms with Crippen molar-refractivity contribution in [3.63, 3.8) is 0 Å². The van der Waals surface area contributed by atoms with E-state index in [1.807, 2.05) is 6.08 Å². The number of carbonyl (C=O) groups is 1. The van der Waals surface area contributed by atoms with Crippen molar-refractivity contribution >= 4 is 5.91 Å². The lowest BCUT2D eigenvalue weighted by Gasteiger charge is -2.40. The Morgan fingerprint density at radius 1 is 0.524 bits per heavy atom. The molecule has 0 aliphatic carbocycles. The van der Waals surface area contributed by atoms with Gasteiger partial charge in [0, 0.05) is 6.42 Å². The molecule has 9 nitrogen and oxygen atoms in total. The molecule has 1 rings (SSSR count). The highest BCUT2D eigenvalue weighted by Gasteiger charge is 2.44. The number of rotatable bonds is 44. The van der Waals surface area contributed by atoms with E-state index in [1.165, 1.54) is 161 Å². The predicted octanol–water partition coefficient (Wildman–Crippen LogP) is 12.2. The highest BCUT2D eigenvalue weighted by molar-refractivity contribution is 5.76. The minimum atomic E-state index is -1.57. The summed E-state index contributed by atoms with van der Waals surface area (Å²) in [4.78, 5) is 13.0. The van der Waals surface area contributed by atoms with E-state index in [9.17, 15) is 30.3 Å². The first-order valence-electron chi connectivity index (χ1n) is 26.4. The van der Waals surface area contributed by atoms with Gasteiger partial charge in [0.1, 0.15) is 24.4 Å². The summed E-state index contributed by atoms with van der Waals surface area (Å²) in [5.41, 5.74) is 0. The van der Waals surface area contributed by atoms with Crippen molar-refractivity contribution in [3.8, 4) is 0 Å². The maximum absolute atomic E-state index is 13.0. The molecule has 368 valence electrons. The number of nitrogens with one attached hydrogen (secondary N) is 1. The van der Waals surface area contributed by atoms with Crippen molar-refractivity contribution in [3.05, 3.63) is 48.6 Å². The van der Waals surface area contributed by atoms with E-state index in [0.29, 0.717) is 6.42 Å². The van der Waals surface area contributed by atoms with Gasteiger partial charge in [-0.05, 0) is 64.2 Å². The van der Waals surface area contributed by atoms with Crippen molar-refractivity contribution in [2.24, 2.45) is 0 Å². The average molecular weight is 890 g/mol. The topological polar surface area (TPSA) is 149 Å². The van der Waals surface area contributed by atoms with E-state index in [0.717, 1.165) is 51.4 Å². The summed E-state index contributed by atoms with van der Waals surface area (Å²) in [6, 6.07) is -0.827. The van der Waals surface area contributed by atoms with Gasteiger partial charge in [0.25, 0.3) is 0 Å². The van der Waals surface area contributed by atoms with Gasteiger partial charge >= 0.3 is 0 Å². The maximum atomic E-state index is 13.0. The molecule has 7 unspecified atom stereocenters. The highest BCUT2D eigenvalue weighted by Crippen LogP contribution is 2.23. The Labute approximate surface area is 386 Å². The Morgan fingerprint density at radius 3 is 1.38 bits per heavy atom. The Morgan fingerprint density at radius 2 is 0.921 bits per heavy atom. The zero-order chi connectivity index (χ0) is 45.9. The van der Waals surface area contributed by atoms with Gasteiger partial charge in [0.2, 0.25) is 5.91 Å². The lowest BCUT2D eigenvalue weighted by atomic mass is 9.99. The van der Waals surface area contributed by atoms with Gasteiger partial charge in [-0.2, -0.15) is 0 Å². The summed E-state index contributed by atoms with van der Waals surface area (Å²) in [6.07, 6.45) is 50.4. The van der Waals surface area contributed by atoms with Crippen LogP contribution in [0, 0.1) is 0 Å². The Bertz CT molecular complexity index is 1130. The van der Waals surface area contributed by atoms with Crippen molar-refractivity contribution in [1.29, 1.82) is 0 Å². The van der Waals surface area contributed by atoms with Crippen LogP contribution in [0.3, 0.4) is 0 Å². The van der Waals surface area contributed by atoms with Crippen LogP contribution in [0.15, 0.2) is 48.6 Å². The van der Waals surface area contributed by atoms with E-state index in [4.69, 9.17) is 9.47 Å². The summed E-state index contributed by atoms with van der Waals surface area (Å²) >= 11 is 0. The van der Waals surface area contributed by atoms with Gasteiger partial charge in [-0.15, -0.1) is 0 Å². The quantitative estimate of drug-likeness (QED) is 0.0262. The highest BCUT2D eigenvalue weighted by atomic mass is 16.7. The van der Waals surface area contributed by atoms with E-state index in [1.54, 1.807) is 6.08 Å². The monoisotopic (exact) mass is 890 g/mol. The Balaban J connectivity index is 2.19. The molecule has 1 aliphatic rings. The van der Waals surface area contributed by atoms with Crippen LogP contribution in [-0.4, -0.2) is 87.5 Å². The van der Waals surface area contributed by atoms with Crippen molar-refractivity contribution in [1.82, 2.24) is 5.32 Å². The van der Waals surface area contributed by atoms with Gasteiger partial charge in [0.05, 0.1) is 25.4 Å². The number of amides is 1. The van der Waals surface area contributed by atoms with Crippen LogP contribution in [-0.2, 0) is 14.3 Å². The maximum Gasteiger partial charge on any atom is 0.220 e. The molecular weight excluding hydrogens is 791 g/mol. The Hall–Kier alpha value is -1.85. The SMILES string of the molecule is CCCC/C=C/CC/C=C/CC/C=C/C(O)C(COC1OC(CO)C(O)C(O)C1O)NC(=O)CCCCCCCCCCCCCC/C=C\CCCCCCCCCCCCCC. The number of unbranched alkanes of at least 4 members (excludes halogenated alkanes) is 28. The standard InChI is InChI=1S/C54H99NO8/c1-3-5-7-9-11-13-15-17-18-19-20-21-22-23-24-25-26-27-28-29-30-31-32-34-36-38-40-42-44-50(58)55-47(46-62-54-53(61)52(60)51(59)49(45-56)63-54)48(57)43-41-39-37-35-33-16-14-12-10-8-6-4-2/h10,12,23-24,33,35,41,43,47-49,51-54,56-57,59-61H,3-9,11,13-22,25-32,34,36-40,42,44-46H2,1-2H3,(H,55,58)/b12-10+,24-23-,35-33+,43-41+. The molecule has 1 heterocycles. The zero-order valence-corrected chi connectivity index (χ0v) is 40.6. The van der Waals surface area contributed by atoms with Crippen LogP contribution >= 0.6 is 0 Å². The van der Waals surface area contributed by atoms with Crippen LogP contribution in [0.4, 0.5) is 0 Å². The van der Waals surface area contributed by atoms with E-state index >= 15 is 0 Å². The van der Waals surface area contributed by atoms with Crippen LogP contribution in [0.25, 0.3) is 0 Å². The fourth-order valence-electron chi connectivity index (χ4n) is 8.11. The van der Waals surface area contributed by atoms with Gasteiger partial charge in [-0.3, -0.25) is 4.79 Å². The average Bonchev–Trinajstić information content (AvgIpc) is 3.28. The van der Waals surface area contributed by atoms with E-state index in [-0.39, 0.29) is 12.5 Å². The molecule has 0 radical (unpaired) electrons. The normalized spacial score (nSPS) is 20.5. The molecule has 6 N–H and O–H groups in total. The van der Waals surface area contributed by atoms with E-state index < -0.39 is 49.5 Å². The van der Waals surface area contributed by atoms with Gasteiger partial charge in [-0.1, -0.05) is 210 Å². The smallest absolute Gasteiger partial charge is 0.220 e. The third-order valence-electron chi connectivity index (χ3n) is 12.4. The van der Waals surface area contributed by atoms with Crippen LogP contribution in [0.5, 0.6) is 0 Å². The molecular formula is C54H99NO8. The van der Waals surface area contributed by atoms with Crippen LogP contribution < -0.4 is 5.32 Å². The first kappa shape index (κ1) is 59.2. The van der Waals surface area contributed by atoms with Gasteiger partial charge in [-0.25, -0.2) is 0 Å². The minimum Gasteiger partial charge on any atom is -0.394 e. The zero-order valence-electron chi connectivity index (χ0n) is 40.6. The molecule has 0 aromatic heterocycles. The second kappa shape index (κ2) is 44.0. The van der Waals surface area contributed by atoms with Gasteiger partial charge in [0.15, 0.2) is 6.29 Å². The molecule has 9 heteroatoms. The number of hydrogen-bond acceptors (Lipinski definition) is 8. The first-order valence-corrected chi connectivity index (χ1v) is 26.4.